The molecule has 0 atom stereocenters. The number of anilines is 3. The summed E-state index contributed by atoms with van der Waals surface area (Å²) in [4.78, 5) is 2.51. The maximum atomic E-state index is 2.51. The van der Waals surface area contributed by atoms with Crippen molar-refractivity contribution in [3.63, 3.8) is 0 Å². The molecular formula is C58H37NS. The van der Waals surface area contributed by atoms with Crippen molar-refractivity contribution in [2.45, 2.75) is 0 Å². The van der Waals surface area contributed by atoms with E-state index in [-0.39, 0.29) is 0 Å². The monoisotopic (exact) mass is 779 g/mol. The number of hydrogen-bond donors (Lipinski definition) is 0. The van der Waals surface area contributed by atoms with E-state index in [0.29, 0.717) is 0 Å². The molecule has 12 rings (SSSR count). The lowest BCUT2D eigenvalue weighted by molar-refractivity contribution is 1.31. The summed E-state index contributed by atoms with van der Waals surface area (Å²) in [5.41, 5.74) is 10.7. The molecule has 1 heterocycles. The molecule has 0 fully saturated rings. The highest BCUT2D eigenvalue weighted by Crippen LogP contribution is 2.49. The Balaban J connectivity index is 1.16. The highest BCUT2D eigenvalue weighted by Gasteiger charge is 2.23. The average molecular weight is 780 g/mol. The Labute approximate surface area is 352 Å². The van der Waals surface area contributed by atoms with Gasteiger partial charge in [0.1, 0.15) is 0 Å². The van der Waals surface area contributed by atoms with E-state index in [1.54, 1.807) is 0 Å². The second kappa shape index (κ2) is 14.1. The van der Waals surface area contributed by atoms with E-state index in [1.807, 2.05) is 11.3 Å². The summed E-state index contributed by atoms with van der Waals surface area (Å²) in [6.07, 6.45) is 0. The first-order valence-electron chi connectivity index (χ1n) is 20.6. The molecular weight excluding hydrogens is 743 g/mol. The lowest BCUT2D eigenvalue weighted by atomic mass is 9.84. The van der Waals surface area contributed by atoms with Gasteiger partial charge in [0.2, 0.25) is 0 Å². The van der Waals surface area contributed by atoms with Gasteiger partial charge < -0.3 is 4.90 Å². The topological polar surface area (TPSA) is 3.24 Å². The van der Waals surface area contributed by atoms with Crippen molar-refractivity contribution in [3.8, 4) is 33.4 Å². The minimum atomic E-state index is 1.13. The van der Waals surface area contributed by atoms with Gasteiger partial charge in [0, 0.05) is 36.8 Å². The van der Waals surface area contributed by atoms with Crippen LogP contribution in [-0.2, 0) is 0 Å². The zero-order chi connectivity index (χ0) is 39.6. The first-order valence-corrected chi connectivity index (χ1v) is 21.4. The molecule has 0 bridgehead atoms. The van der Waals surface area contributed by atoms with Gasteiger partial charge in [0.15, 0.2) is 0 Å². The van der Waals surface area contributed by atoms with Crippen LogP contribution in [0.3, 0.4) is 0 Å². The maximum Gasteiger partial charge on any atom is 0.0546 e. The predicted molar refractivity (Wildman–Crippen MR) is 260 cm³/mol. The molecule has 2 heteroatoms. The van der Waals surface area contributed by atoms with Crippen molar-refractivity contribution >= 4 is 91.7 Å². The van der Waals surface area contributed by atoms with Crippen molar-refractivity contribution < 1.29 is 0 Å². The second-order valence-electron chi connectivity index (χ2n) is 15.6. The molecule has 0 saturated heterocycles. The largest absolute Gasteiger partial charge is 0.309 e. The van der Waals surface area contributed by atoms with Gasteiger partial charge in [-0.1, -0.05) is 182 Å². The number of hydrogen-bond acceptors (Lipinski definition) is 2. The number of para-hydroxylation sites is 1. The number of fused-ring (bicyclic) bond motifs is 9. The van der Waals surface area contributed by atoms with E-state index in [9.17, 15) is 0 Å². The maximum absolute atomic E-state index is 2.51. The number of benzene rings is 11. The molecule has 0 aliphatic heterocycles. The van der Waals surface area contributed by atoms with Gasteiger partial charge in [-0.2, -0.15) is 0 Å². The number of rotatable bonds is 6. The Hall–Kier alpha value is -7.52. The summed E-state index contributed by atoms with van der Waals surface area (Å²) >= 11 is 1.86. The van der Waals surface area contributed by atoms with Gasteiger partial charge in [-0.3, -0.25) is 0 Å². The summed E-state index contributed by atoms with van der Waals surface area (Å²) in [6.45, 7) is 0. The van der Waals surface area contributed by atoms with Gasteiger partial charge in [0.25, 0.3) is 0 Å². The summed E-state index contributed by atoms with van der Waals surface area (Å²) in [5.74, 6) is 0. The van der Waals surface area contributed by atoms with E-state index in [4.69, 9.17) is 0 Å². The lowest BCUT2D eigenvalue weighted by Crippen LogP contribution is -2.12. The van der Waals surface area contributed by atoms with Gasteiger partial charge in [-0.25, -0.2) is 0 Å². The molecule has 0 saturated carbocycles. The van der Waals surface area contributed by atoms with Crippen molar-refractivity contribution in [1.82, 2.24) is 0 Å². The molecule has 0 aliphatic carbocycles. The van der Waals surface area contributed by atoms with Crippen LogP contribution in [-0.4, -0.2) is 0 Å². The van der Waals surface area contributed by atoms with Crippen molar-refractivity contribution in [2.24, 2.45) is 0 Å². The Morgan fingerprint density at radius 1 is 0.283 bits per heavy atom. The van der Waals surface area contributed by atoms with E-state index < -0.39 is 0 Å². The third kappa shape index (κ3) is 5.53. The van der Waals surface area contributed by atoms with Gasteiger partial charge in [0.05, 0.1) is 11.4 Å². The van der Waals surface area contributed by atoms with E-state index in [1.165, 1.54) is 96.6 Å². The van der Waals surface area contributed by atoms with E-state index in [2.05, 4.69) is 229 Å². The number of thiophene rings is 1. The van der Waals surface area contributed by atoms with Crippen LogP contribution in [0.2, 0.25) is 0 Å². The number of nitrogens with zero attached hydrogens (tertiary/aromatic N) is 1. The second-order valence-corrected chi connectivity index (χ2v) is 16.7. The van der Waals surface area contributed by atoms with Crippen LogP contribution in [0.15, 0.2) is 224 Å². The minimum Gasteiger partial charge on any atom is -0.309 e. The first-order chi connectivity index (χ1) is 29.8. The molecule has 11 aromatic carbocycles. The van der Waals surface area contributed by atoms with Gasteiger partial charge >= 0.3 is 0 Å². The third-order valence-corrected chi connectivity index (χ3v) is 13.4. The van der Waals surface area contributed by atoms with Crippen LogP contribution in [0.1, 0.15) is 0 Å². The standard InChI is InChI=1S/C58H37NS/c1-3-17-38(18-4-1)57-50-28-12-10-25-46(50)47-33-31-41(35-52(47)58(57)39-19-5-2-6-20-39)44-23-13-15-29-53(44)59(42-32-34-56-51(37-42)49-27-14-16-30-55(49)60-56)54-36-40-21-7-8-22-43(40)45-24-9-11-26-48(45)54/h1-37H. The van der Waals surface area contributed by atoms with Crippen LogP contribution in [0.4, 0.5) is 17.1 Å². The van der Waals surface area contributed by atoms with E-state index >= 15 is 0 Å². The molecule has 0 N–H and O–H groups in total. The van der Waals surface area contributed by atoms with Crippen LogP contribution in [0, 0.1) is 0 Å². The highest BCUT2D eigenvalue weighted by molar-refractivity contribution is 7.25. The Bertz CT molecular complexity index is 3600. The van der Waals surface area contributed by atoms with Gasteiger partial charge in [-0.05, 0) is 108 Å². The SMILES string of the molecule is c1ccc(-c2c(-c3ccccc3)c3cc(-c4ccccc4N(c4ccc5sc6ccccc6c5c4)c4cc5ccccc5c5ccccc45)ccc3c3ccccc23)cc1. The van der Waals surface area contributed by atoms with Gasteiger partial charge in [-0.15, -0.1) is 11.3 Å². The Morgan fingerprint density at radius 2 is 0.833 bits per heavy atom. The third-order valence-electron chi connectivity index (χ3n) is 12.2. The van der Waals surface area contributed by atoms with Crippen molar-refractivity contribution in [2.75, 3.05) is 4.90 Å². The quantitative estimate of drug-likeness (QED) is 0.152. The summed E-state index contributed by atoms with van der Waals surface area (Å²) in [7, 11) is 0. The van der Waals surface area contributed by atoms with Crippen LogP contribution in [0.5, 0.6) is 0 Å². The van der Waals surface area contributed by atoms with Crippen molar-refractivity contribution in [1.29, 1.82) is 0 Å². The molecule has 0 radical (unpaired) electrons. The van der Waals surface area contributed by atoms with Crippen molar-refractivity contribution in [3.05, 3.63) is 224 Å². The molecule has 1 nitrogen and oxygen atoms in total. The fourth-order valence-corrected chi connectivity index (χ4v) is 10.6. The molecule has 60 heavy (non-hydrogen) atoms. The van der Waals surface area contributed by atoms with Crippen LogP contribution >= 0.6 is 11.3 Å². The molecule has 280 valence electrons. The average Bonchev–Trinajstić information content (AvgIpc) is 3.70. The molecule has 0 amide bonds. The summed E-state index contributed by atoms with van der Waals surface area (Å²) < 4.78 is 2.60. The zero-order valence-electron chi connectivity index (χ0n) is 32.7. The first kappa shape index (κ1) is 34.5. The lowest BCUT2D eigenvalue weighted by Gasteiger charge is -2.30. The fraction of sp³-hybridized carbons (Fsp3) is 0. The summed E-state index contributed by atoms with van der Waals surface area (Å²) in [6, 6.07) is 82.7. The minimum absolute atomic E-state index is 1.13. The smallest absolute Gasteiger partial charge is 0.0546 e. The molecule has 0 spiro atoms. The van der Waals surface area contributed by atoms with E-state index in [0.717, 1.165) is 17.1 Å². The normalized spacial score (nSPS) is 11.7. The molecule has 12 aromatic rings. The molecule has 1 aromatic heterocycles. The highest BCUT2D eigenvalue weighted by atomic mass is 32.1. The Kier molecular flexibility index (Phi) is 8.11. The molecule has 0 unspecified atom stereocenters. The van der Waals surface area contributed by atoms with Crippen LogP contribution < -0.4 is 4.90 Å². The summed E-state index contributed by atoms with van der Waals surface area (Å²) in [5, 5.41) is 12.5. The predicted octanol–water partition coefficient (Wildman–Crippen LogP) is 17.1. The molecule has 0 aliphatic rings. The Morgan fingerprint density at radius 3 is 1.60 bits per heavy atom. The zero-order valence-corrected chi connectivity index (χ0v) is 33.5. The fourth-order valence-electron chi connectivity index (χ4n) is 9.56. The van der Waals surface area contributed by atoms with Crippen LogP contribution in [0.25, 0.3) is 96.6 Å².